The maximum absolute atomic E-state index is 12.4. The van der Waals surface area contributed by atoms with Gasteiger partial charge < -0.3 is 5.32 Å². The molecule has 3 aromatic heterocycles. The van der Waals surface area contributed by atoms with Gasteiger partial charge in [-0.25, -0.2) is 9.67 Å². The molecule has 0 radical (unpaired) electrons. The quantitative estimate of drug-likeness (QED) is 0.376. The number of hydrogen-bond donors (Lipinski definition) is 1. The summed E-state index contributed by atoms with van der Waals surface area (Å²) in [5.41, 5.74) is 3.20. The number of nitrogens with one attached hydrogen (secondary N) is 1. The largest absolute Gasteiger partial charge is 0.301 e. The van der Waals surface area contributed by atoms with Crippen molar-refractivity contribution in [1.29, 1.82) is 0 Å². The minimum Gasteiger partial charge on any atom is -0.301 e. The number of rotatable bonds is 9. The lowest BCUT2D eigenvalue weighted by molar-refractivity contribution is -0.113. The fourth-order valence-corrected chi connectivity index (χ4v) is 4.91. The van der Waals surface area contributed by atoms with Gasteiger partial charge in [-0.05, 0) is 33.9 Å². The van der Waals surface area contributed by atoms with Gasteiger partial charge in [0.2, 0.25) is 11.1 Å². The number of carbonyl (C=O) groups excluding carboxylic acids is 1. The molecule has 0 saturated carbocycles. The van der Waals surface area contributed by atoms with Gasteiger partial charge in [0.25, 0.3) is 0 Å². The van der Waals surface area contributed by atoms with Crippen molar-refractivity contribution in [3.05, 3.63) is 57.6 Å². The standard InChI is InChI=1S/C20H20N6OS3/c1-2-14-5-7-15(8-6-14)17-12-29-19(21-17)22-18(27)13-30-20-23-24-25-26(20)10-9-16-4-3-11-28-16/h3-8,11-12H,2,9-10,13H2,1H3,(H,21,22,27). The Morgan fingerprint density at radius 1 is 1.20 bits per heavy atom. The van der Waals surface area contributed by atoms with Crippen molar-refractivity contribution in [2.24, 2.45) is 0 Å². The molecule has 0 aliphatic rings. The van der Waals surface area contributed by atoms with Crippen LogP contribution in [0.2, 0.25) is 0 Å². The lowest BCUT2D eigenvalue weighted by Crippen LogP contribution is -2.14. The molecule has 0 unspecified atom stereocenters. The first kappa shape index (κ1) is 20.7. The molecular formula is C20H20N6OS3. The fraction of sp³-hybridized carbons (Fsp3) is 0.250. The average Bonchev–Trinajstić information content (AvgIpc) is 3.53. The molecule has 0 atom stereocenters. The highest BCUT2D eigenvalue weighted by molar-refractivity contribution is 7.99. The van der Waals surface area contributed by atoms with Crippen molar-refractivity contribution < 1.29 is 4.79 Å². The van der Waals surface area contributed by atoms with Crippen LogP contribution in [0.5, 0.6) is 0 Å². The van der Waals surface area contributed by atoms with Crippen molar-refractivity contribution in [3.63, 3.8) is 0 Å². The van der Waals surface area contributed by atoms with Crippen LogP contribution in [0.3, 0.4) is 0 Å². The first-order chi connectivity index (χ1) is 14.7. The lowest BCUT2D eigenvalue weighted by atomic mass is 10.1. The van der Waals surface area contributed by atoms with E-state index in [4.69, 9.17) is 0 Å². The monoisotopic (exact) mass is 456 g/mol. The van der Waals surface area contributed by atoms with Crippen LogP contribution in [0.1, 0.15) is 17.4 Å². The van der Waals surface area contributed by atoms with E-state index in [0.717, 1.165) is 24.1 Å². The maximum Gasteiger partial charge on any atom is 0.236 e. The molecule has 1 aromatic carbocycles. The summed E-state index contributed by atoms with van der Waals surface area (Å²) in [6, 6.07) is 12.5. The predicted octanol–water partition coefficient (Wildman–Crippen LogP) is 4.39. The Balaban J connectivity index is 1.29. The predicted molar refractivity (Wildman–Crippen MR) is 122 cm³/mol. The van der Waals surface area contributed by atoms with E-state index in [1.807, 2.05) is 11.4 Å². The van der Waals surface area contributed by atoms with Crippen LogP contribution in [0.15, 0.2) is 52.3 Å². The molecule has 0 spiro atoms. The summed E-state index contributed by atoms with van der Waals surface area (Å²) >= 11 is 4.45. The molecular weight excluding hydrogens is 436 g/mol. The summed E-state index contributed by atoms with van der Waals surface area (Å²) in [4.78, 5) is 18.2. The normalized spacial score (nSPS) is 11.0. The SMILES string of the molecule is CCc1ccc(-c2csc(NC(=O)CSc3nnnn3CCc3cccs3)n2)cc1. The van der Waals surface area contributed by atoms with E-state index in [1.54, 1.807) is 16.0 Å². The molecule has 10 heteroatoms. The van der Waals surface area contributed by atoms with Crippen LogP contribution in [-0.2, 0) is 24.2 Å². The van der Waals surface area contributed by atoms with Crippen LogP contribution in [0, 0.1) is 0 Å². The van der Waals surface area contributed by atoms with Crippen LogP contribution in [0.4, 0.5) is 5.13 Å². The zero-order chi connectivity index (χ0) is 20.8. The molecule has 4 rings (SSSR count). The Bertz CT molecular complexity index is 1090. The van der Waals surface area contributed by atoms with Crippen molar-refractivity contribution in [2.45, 2.75) is 31.5 Å². The molecule has 0 fully saturated rings. The van der Waals surface area contributed by atoms with Crippen molar-refractivity contribution in [3.8, 4) is 11.3 Å². The molecule has 154 valence electrons. The van der Waals surface area contributed by atoms with E-state index >= 15 is 0 Å². The molecule has 0 aliphatic heterocycles. The van der Waals surface area contributed by atoms with Gasteiger partial charge in [0.15, 0.2) is 5.13 Å². The number of thiazole rings is 1. The zero-order valence-corrected chi connectivity index (χ0v) is 18.8. The Labute approximate surface area is 186 Å². The third-order valence-corrected chi connectivity index (χ3v) is 7.04. The number of tetrazole rings is 1. The van der Waals surface area contributed by atoms with Crippen LogP contribution >= 0.6 is 34.4 Å². The minimum atomic E-state index is -0.130. The lowest BCUT2D eigenvalue weighted by Gasteiger charge is -2.04. The first-order valence-corrected chi connectivity index (χ1v) is 12.2. The topological polar surface area (TPSA) is 85.6 Å². The Morgan fingerprint density at radius 2 is 2.07 bits per heavy atom. The number of aromatic nitrogens is 5. The average molecular weight is 457 g/mol. The number of nitrogens with zero attached hydrogens (tertiary/aromatic N) is 5. The number of thiophene rings is 1. The number of thioether (sulfide) groups is 1. The van der Waals surface area contributed by atoms with E-state index in [2.05, 4.69) is 68.5 Å². The maximum atomic E-state index is 12.4. The molecule has 3 heterocycles. The van der Waals surface area contributed by atoms with Crippen LogP contribution < -0.4 is 5.32 Å². The highest BCUT2D eigenvalue weighted by Gasteiger charge is 2.12. The highest BCUT2D eigenvalue weighted by Crippen LogP contribution is 2.25. The summed E-state index contributed by atoms with van der Waals surface area (Å²) in [5.74, 6) is 0.0921. The molecule has 1 N–H and O–H groups in total. The summed E-state index contributed by atoms with van der Waals surface area (Å²) in [7, 11) is 0. The third-order valence-electron chi connectivity index (χ3n) is 4.39. The number of aryl methyl sites for hydroxylation is 3. The molecule has 4 aromatic rings. The Morgan fingerprint density at radius 3 is 2.83 bits per heavy atom. The summed E-state index contributed by atoms with van der Waals surface area (Å²) < 4.78 is 1.74. The number of benzene rings is 1. The van der Waals surface area contributed by atoms with Gasteiger partial charge in [0.05, 0.1) is 18.0 Å². The number of hydrogen-bond acceptors (Lipinski definition) is 8. The summed E-state index contributed by atoms with van der Waals surface area (Å²) in [5, 5.41) is 19.9. The Hall–Kier alpha value is -2.56. The zero-order valence-electron chi connectivity index (χ0n) is 16.3. The van der Waals surface area contributed by atoms with E-state index < -0.39 is 0 Å². The van der Waals surface area contributed by atoms with E-state index in [-0.39, 0.29) is 11.7 Å². The van der Waals surface area contributed by atoms with Gasteiger partial charge in [-0.15, -0.1) is 27.8 Å². The second-order valence-electron chi connectivity index (χ2n) is 6.44. The van der Waals surface area contributed by atoms with Gasteiger partial charge in [-0.2, -0.15) is 0 Å². The van der Waals surface area contributed by atoms with Crippen molar-refractivity contribution >= 4 is 45.5 Å². The molecule has 1 amide bonds. The van der Waals surface area contributed by atoms with Gasteiger partial charge in [-0.3, -0.25) is 4.79 Å². The third kappa shape index (κ3) is 5.32. The van der Waals surface area contributed by atoms with Crippen LogP contribution in [0.25, 0.3) is 11.3 Å². The summed E-state index contributed by atoms with van der Waals surface area (Å²) in [6.45, 7) is 2.82. The van der Waals surface area contributed by atoms with Gasteiger partial charge in [0, 0.05) is 22.2 Å². The highest BCUT2D eigenvalue weighted by atomic mass is 32.2. The molecule has 0 aliphatic carbocycles. The molecule has 7 nitrogen and oxygen atoms in total. The van der Waals surface area contributed by atoms with Gasteiger partial charge >= 0.3 is 0 Å². The molecule has 30 heavy (non-hydrogen) atoms. The molecule has 0 saturated heterocycles. The minimum absolute atomic E-state index is 0.130. The van der Waals surface area contributed by atoms with Gasteiger partial charge in [-0.1, -0.05) is 49.0 Å². The number of carbonyl (C=O) groups is 1. The fourth-order valence-electron chi connectivity index (χ4n) is 2.77. The van der Waals surface area contributed by atoms with E-state index in [0.29, 0.717) is 16.8 Å². The molecule has 0 bridgehead atoms. The van der Waals surface area contributed by atoms with Crippen molar-refractivity contribution in [1.82, 2.24) is 25.2 Å². The van der Waals surface area contributed by atoms with Crippen LogP contribution in [-0.4, -0.2) is 36.9 Å². The van der Waals surface area contributed by atoms with E-state index in [9.17, 15) is 4.79 Å². The van der Waals surface area contributed by atoms with Crippen molar-refractivity contribution in [2.75, 3.05) is 11.1 Å². The second kappa shape index (κ2) is 9.96. The number of amides is 1. The number of anilines is 1. The second-order valence-corrected chi connectivity index (χ2v) is 9.27. The summed E-state index contributed by atoms with van der Waals surface area (Å²) in [6.07, 6.45) is 1.87. The Kier molecular flexibility index (Phi) is 6.88. The van der Waals surface area contributed by atoms with Gasteiger partial charge in [0.1, 0.15) is 0 Å². The smallest absolute Gasteiger partial charge is 0.236 e. The van der Waals surface area contributed by atoms with E-state index in [1.165, 1.54) is 33.5 Å². The first-order valence-electron chi connectivity index (χ1n) is 9.47.